The van der Waals surface area contributed by atoms with E-state index in [2.05, 4.69) is 10.0 Å². The van der Waals surface area contributed by atoms with E-state index < -0.39 is 27.5 Å². The number of rotatable bonds is 7. The highest BCUT2D eigenvalue weighted by atomic mass is 32.2. The molecule has 0 saturated heterocycles. The number of methoxy groups -OCH3 is 1. The Labute approximate surface area is 195 Å². The molecule has 0 unspecified atom stereocenters. The third-order valence-electron chi connectivity index (χ3n) is 6.23. The summed E-state index contributed by atoms with van der Waals surface area (Å²) in [6.45, 7) is 7.34. The number of carbonyl (C=O) groups is 1. The first kappa shape index (κ1) is 25.1. The molecule has 1 aromatic carbocycles. The van der Waals surface area contributed by atoms with E-state index in [1.807, 2.05) is 26.0 Å². The third kappa shape index (κ3) is 5.89. The Balaban J connectivity index is 1.70. The van der Waals surface area contributed by atoms with Crippen molar-refractivity contribution >= 4 is 21.6 Å². The van der Waals surface area contributed by atoms with E-state index >= 15 is 0 Å². The maximum atomic E-state index is 14.7. The lowest BCUT2D eigenvalue weighted by Crippen LogP contribution is -2.36. The predicted octanol–water partition coefficient (Wildman–Crippen LogP) is 3.76. The summed E-state index contributed by atoms with van der Waals surface area (Å²) >= 11 is 0. The van der Waals surface area contributed by atoms with Crippen molar-refractivity contribution in [2.45, 2.75) is 58.6 Å². The Kier molecular flexibility index (Phi) is 7.14. The number of nitrogens with one attached hydrogen (secondary N) is 2. The van der Waals surface area contributed by atoms with Crippen molar-refractivity contribution in [3.63, 3.8) is 0 Å². The zero-order valence-electron chi connectivity index (χ0n) is 20.0. The summed E-state index contributed by atoms with van der Waals surface area (Å²) in [6, 6.07) is 6.10. The van der Waals surface area contributed by atoms with E-state index in [1.165, 1.54) is 0 Å². The predicted molar refractivity (Wildman–Crippen MR) is 126 cm³/mol. The Morgan fingerprint density at radius 1 is 1.30 bits per heavy atom. The molecule has 180 valence electrons. The summed E-state index contributed by atoms with van der Waals surface area (Å²) in [5.74, 6) is -0.936. The van der Waals surface area contributed by atoms with Gasteiger partial charge in [-0.15, -0.1) is 0 Å². The number of halogens is 1. The Bertz CT molecular complexity index is 1160. The highest BCUT2D eigenvalue weighted by Crippen LogP contribution is 2.30. The second-order valence-electron chi connectivity index (χ2n) is 9.25. The number of aryl methyl sites for hydroxylation is 2. The number of ether oxygens (including phenoxy) is 1. The van der Waals surface area contributed by atoms with Crippen molar-refractivity contribution < 1.29 is 22.3 Å². The van der Waals surface area contributed by atoms with E-state index in [4.69, 9.17) is 9.72 Å². The number of amides is 1. The molecule has 1 aliphatic carbocycles. The van der Waals surface area contributed by atoms with Gasteiger partial charge in [-0.2, -0.15) is 0 Å². The molecule has 9 heteroatoms. The Morgan fingerprint density at radius 3 is 2.64 bits per heavy atom. The number of sulfonamides is 1. The van der Waals surface area contributed by atoms with Crippen molar-refractivity contribution in [2.75, 3.05) is 18.1 Å². The number of pyridine rings is 1. The molecular weight excluding hydrogens is 445 g/mol. The van der Waals surface area contributed by atoms with Crippen LogP contribution >= 0.6 is 0 Å². The average Bonchev–Trinajstić information content (AvgIpc) is 2.74. The first-order valence-corrected chi connectivity index (χ1v) is 12.8. The fraction of sp³-hybridized carbons (Fsp3) is 0.500. The van der Waals surface area contributed by atoms with Crippen molar-refractivity contribution in [1.82, 2.24) is 10.3 Å². The smallest absolute Gasteiger partial charge is 0.229 e. The second-order valence-corrected chi connectivity index (χ2v) is 11.0. The van der Waals surface area contributed by atoms with Crippen molar-refractivity contribution in [1.29, 1.82) is 0 Å². The van der Waals surface area contributed by atoms with Crippen LogP contribution in [-0.4, -0.2) is 32.7 Å². The van der Waals surface area contributed by atoms with E-state index in [-0.39, 0.29) is 17.5 Å². The van der Waals surface area contributed by atoms with Crippen LogP contribution in [0.25, 0.3) is 0 Å². The van der Waals surface area contributed by atoms with Crippen LogP contribution < -0.4 is 10.0 Å². The van der Waals surface area contributed by atoms with Gasteiger partial charge in [0.1, 0.15) is 11.4 Å². The SMILES string of the molecule is COC(C)(C)c1ccc2c(n1)CC[C@@H](C(=O)N[C@H](C)c1cc(C)c(NS(C)(=O)=O)cc1F)C2. The van der Waals surface area contributed by atoms with Gasteiger partial charge >= 0.3 is 0 Å². The van der Waals surface area contributed by atoms with Crippen molar-refractivity contribution in [3.8, 4) is 0 Å². The lowest BCUT2D eigenvalue weighted by atomic mass is 9.85. The molecule has 2 N–H and O–H groups in total. The van der Waals surface area contributed by atoms with Gasteiger partial charge in [0.05, 0.1) is 23.7 Å². The number of carbonyl (C=O) groups excluding carboxylic acids is 1. The van der Waals surface area contributed by atoms with Gasteiger partial charge in [-0.1, -0.05) is 6.07 Å². The van der Waals surface area contributed by atoms with Gasteiger partial charge in [0, 0.05) is 24.3 Å². The third-order valence-corrected chi connectivity index (χ3v) is 6.82. The monoisotopic (exact) mass is 477 g/mol. The molecule has 2 aromatic rings. The van der Waals surface area contributed by atoms with Gasteiger partial charge in [-0.25, -0.2) is 12.8 Å². The van der Waals surface area contributed by atoms with Crippen molar-refractivity contribution in [2.24, 2.45) is 5.92 Å². The highest BCUT2D eigenvalue weighted by molar-refractivity contribution is 7.92. The number of benzene rings is 1. The van der Waals surface area contributed by atoms with Gasteiger partial charge in [0.15, 0.2) is 0 Å². The molecule has 0 radical (unpaired) electrons. The zero-order chi connectivity index (χ0) is 24.6. The minimum atomic E-state index is -3.52. The van der Waals surface area contributed by atoms with Crippen LogP contribution in [0.5, 0.6) is 0 Å². The van der Waals surface area contributed by atoms with Crippen LogP contribution in [0.15, 0.2) is 24.3 Å². The maximum Gasteiger partial charge on any atom is 0.229 e. The lowest BCUT2D eigenvalue weighted by Gasteiger charge is -2.28. The zero-order valence-corrected chi connectivity index (χ0v) is 20.8. The number of aromatic nitrogens is 1. The van der Waals surface area contributed by atoms with Crippen LogP contribution in [0.1, 0.15) is 61.3 Å². The molecule has 7 nitrogen and oxygen atoms in total. The molecule has 0 saturated carbocycles. The fourth-order valence-corrected chi connectivity index (χ4v) is 4.65. The van der Waals surface area contributed by atoms with E-state index in [0.717, 1.165) is 29.3 Å². The molecule has 0 aliphatic heterocycles. The molecular formula is C24H32FN3O4S. The Hall–Kier alpha value is -2.52. The van der Waals surface area contributed by atoms with E-state index in [0.29, 0.717) is 30.4 Å². The number of hydrogen-bond acceptors (Lipinski definition) is 5. The lowest BCUT2D eigenvalue weighted by molar-refractivity contribution is -0.126. The van der Waals surface area contributed by atoms with Crippen LogP contribution in [0.4, 0.5) is 10.1 Å². The minimum absolute atomic E-state index is 0.134. The number of anilines is 1. The molecule has 0 fully saturated rings. The standard InChI is InChI=1S/C24H32FN3O4S/c1-14-11-18(19(25)13-21(14)28-33(6,30)31)15(2)26-23(29)17-7-9-20-16(12-17)8-10-22(27-20)24(3,4)32-5/h8,10-11,13,15,17,28H,7,9,12H2,1-6H3,(H,26,29)/t15-,17-/m1/s1. The van der Waals surface area contributed by atoms with Crippen LogP contribution in [0.3, 0.4) is 0 Å². The van der Waals surface area contributed by atoms with Crippen LogP contribution in [-0.2, 0) is 38.0 Å². The quantitative estimate of drug-likeness (QED) is 0.633. The maximum absolute atomic E-state index is 14.7. The first-order valence-electron chi connectivity index (χ1n) is 10.9. The average molecular weight is 478 g/mol. The minimum Gasteiger partial charge on any atom is -0.373 e. The number of hydrogen-bond donors (Lipinski definition) is 2. The number of nitrogens with zero attached hydrogens (tertiary/aromatic N) is 1. The normalized spacial score (nSPS) is 17.2. The van der Waals surface area contributed by atoms with E-state index in [1.54, 1.807) is 27.0 Å². The summed E-state index contributed by atoms with van der Waals surface area (Å²) < 4.78 is 45.5. The largest absolute Gasteiger partial charge is 0.373 e. The molecule has 3 rings (SSSR count). The van der Waals surface area contributed by atoms with Crippen molar-refractivity contribution in [3.05, 3.63) is 58.2 Å². The van der Waals surface area contributed by atoms with Gasteiger partial charge in [0.25, 0.3) is 0 Å². The summed E-state index contributed by atoms with van der Waals surface area (Å²) in [4.78, 5) is 17.7. The Morgan fingerprint density at radius 2 is 2.00 bits per heavy atom. The fourth-order valence-electron chi connectivity index (χ4n) is 4.03. The van der Waals surface area contributed by atoms with Gasteiger partial charge in [-0.3, -0.25) is 14.5 Å². The van der Waals surface area contributed by atoms with E-state index in [9.17, 15) is 17.6 Å². The molecule has 2 atom stereocenters. The molecule has 1 amide bonds. The van der Waals surface area contributed by atoms with Gasteiger partial charge in [0.2, 0.25) is 15.9 Å². The summed E-state index contributed by atoms with van der Waals surface area (Å²) in [5.41, 5.74) is 3.49. The molecule has 0 bridgehead atoms. The van der Waals surface area contributed by atoms with Crippen LogP contribution in [0.2, 0.25) is 0 Å². The summed E-state index contributed by atoms with van der Waals surface area (Å²) in [7, 11) is -1.86. The van der Waals surface area contributed by atoms with Crippen LogP contribution in [0, 0.1) is 18.7 Å². The topological polar surface area (TPSA) is 97.4 Å². The second kappa shape index (κ2) is 9.38. The highest BCUT2D eigenvalue weighted by Gasteiger charge is 2.29. The van der Waals surface area contributed by atoms with Gasteiger partial charge < -0.3 is 10.1 Å². The first-order chi connectivity index (χ1) is 15.3. The molecule has 0 spiro atoms. The molecule has 1 aliphatic rings. The number of fused-ring (bicyclic) bond motifs is 1. The summed E-state index contributed by atoms with van der Waals surface area (Å²) in [5, 5.41) is 2.92. The molecule has 33 heavy (non-hydrogen) atoms. The van der Waals surface area contributed by atoms with Gasteiger partial charge in [-0.05, 0) is 76.3 Å². The summed E-state index contributed by atoms with van der Waals surface area (Å²) in [6.07, 6.45) is 2.94. The molecule has 1 aromatic heterocycles. The molecule has 1 heterocycles.